The number of ether oxygens (including phenoxy) is 2. The van der Waals surface area contributed by atoms with Gasteiger partial charge in [-0.25, -0.2) is 0 Å². The van der Waals surface area contributed by atoms with Gasteiger partial charge in [-0.15, -0.1) is 0 Å². The molecule has 7 heteroatoms. The summed E-state index contributed by atoms with van der Waals surface area (Å²) >= 11 is 3.53. The maximum atomic E-state index is 5.70. The average Bonchev–Trinajstić information content (AvgIpc) is 2.99. The van der Waals surface area contributed by atoms with E-state index >= 15 is 0 Å². The molecule has 0 radical (unpaired) electrons. The first-order valence-electron chi connectivity index (χ1n) is 6.69. The third-order valence-corrected chi connectivity index (χ3v) is 3.35. The lowest BCUT2D eigenvalue weighted by atomic mass is 10.2. The second kappa shape index (κ2) is 7.99. The summed E-state index contributed by atoms with van der Waals surface area (Å²) in [5.74, 6) is 2.08. The zero-order valence-electron chi connectivity index (χ0n) is 12.1. The van der Waals surface area contributed by atoms with Crippen LogP contribution in [0.5, 0.6) is 11.5 Å². The number of nitrogens with one attached hydrogen (secondary N) is 1. The van der Waals surface area contributed by atoms with Crippen molar-refractivity contribution in [3.8, 4) is 11.5 Å². The van der Waals surface area contributed by atoms with E-state index in [0.29, 0.717) is 31.3 Å². The third kappa shape index (κ3) is 4.44. The minimum Gasteiger partial charge on any atom is -0.493 e. The van der Waals surface area contributed by atoms with Crippen LogP contribution in [0.1, 0.15) is 24.7 Å². The van der Waals surface area contributed by atoms with Crippen molar-refractivity contribution in [3.63, 3.8) is 0 Å². The van der Waals surface area contributed by atoms with Crippen molar-refractivity contribution >= 4 is 15.9 Å². The van der Waals surface area contributed by atoms with Crippen molar-refractivity contribution in [2.24, 2.45) is 0 Å². The summed E-state index contributed by atoms with van der Waals surface area (Å²) in [7, 11) is 1.64. The van der Waals surface area contributed by atoms with Crippen LogP contribution in [-0.2, 0) is 13.1 Å². The van der Waals surface area contributed by atoms with Gasteiger partial charge < -0.3 is 19.3 Å². The van der Waals surface area contributed by atoms with E-state index < -0.39 is 0 Å². The van der Waals surface area contributed by atoms with Gasteiger partial charge in [0.15, 0.2) is 17.3 Å². The van der Waals surface area contributed by atoms with E-state index in [4.69, 9.17) is 9.47 Å². The highest BCUT2D eigenvalue weighted by Gasteiger charge is 2.11. The maximum absolute atomic E-state index is 5.70. The number of nitrogens with zero attached hydrogens (tertiary/aromatic N) is 2. The molecule has 2 aromatic rings. The molecule has 6 nitrogen and oxygen atoms in total. The first-order valence-corrected chi connectivity index (χ1v) is 7.49. The SMILES string of the molecule is CCCOc1c(Br)cc(CNCc2ncon2)cc1OC. The number of aromatic nitrogens is 2. The number of halogens is 1. The molecule has 0 amide bonds. The summed E-state index contributed by atoms with van der Waals surface area (Å²) in [5, 5.41) is 6.99. The Morgan fingerprint density at radius 2 is 2.19 bits per heavy atom. The van der Waals surface area contributed by atoms with Crippen molar-refractivity contribution in [3.05, 3.63) is 34.4 Å². The van der Waals surface area contributed by atoms with Crippen LogP contribution in [0.4, 0.5) is 0 Å². The van der Waals surface area contributed by atoms with Gasteiger partial charge in [0.1, 0.15) is 0 Å². The van der Waals surface area contributed by atoms with Crippen molar-refractivity contribution in [2.75, 3.05) is 13.7 Å². The van der Waals surface area contributed by atoms with Crippen LogP contribution in [0.2, 0.25) is 0 Å². The standard InChI is InChI=1S/C14H18BrN3O3/c1-3-4-20-14-11(15)5-10(6-12(14)19-2)7-16-8-13-17-9-21-18-13/h5-6,9,16H,3-4,7-8H2,1-2H3. The Morgan fingerprint density at radius 3 is 2.86 bits per heavy atom. The van der Waals surface area contributed by atoms with Gasteiger partial charge in [-0.2, -0.15) is 4.98 Å². The average molecular weight is 356 g/mol. The monoisotopic (exact) mass is 355 g/mol. The number of hydrogen-bond donors (Lipinski definition) is 1. The van der Waals surface area contributed by atoms with Crippen LogP contribution >= 0.6 is 15.9 Å². The Kier molecular flexibility index (Phi) is 6.01. The first kappa shape index (κ1) is 15.8. The molecule has 1 heterocycles. The molecule has 0 unspecified atom stereocenters. The Balaban J connectivity index is 2.01. The van der Waals surface area contributed by atoms with Gasteiger partial charge in [0.2, 0.25) is 6.39 Å². The van der Waals surface area contributed by atoms with E-state index in [-0.39, 0.29) is 0 Å². The number of hydrogen-bond acceptors (Lipinski definition) is 6. The molecule has 114 valence electrons. The number of benzene rings is 1. The highest BCUT2D eigenvalue weighted by molar-refractivity contribution is 9.10. The van der Waals surface area contributed by atoms with Gasteiger partial charge in [-0.1, -0.05) is 12.1 Å². The first-order chi connectivity index (χ1) is 10.2. The minimum absolute atomic E-state index is 0.546. The molecule has 0 fully saturated rings. The Hall–Kier alpha value is -1.60. The van der Waals surface area contributed by atoms with E-state index in [2.05, 4.69) is 42.8 Å². The smallest absolute Gasteiger partial charge is 0.213 e. The molecule has 0 saturated carbocycles. The Bertz CT molecular complexity index is 561. The van der Waals surface area contributed by atoms with Crippen LogP contribution in [0.3, 0.4) is 0 Å². The predicted octanol–water partition coefficient (Wildman–Crippen LogP) is 2.92. The molecular formula is C14H18BrN3O3. The van der Waals surface area contributed by atoms with Crippen LogP contribution in [0, 0.1) is 0 Å². The van der Waals surface area contributed by atoms with Gasteiger partial charge in [0.05, 0.1) is 24.7 Å². The van der Waals surface area contributed by atoms with Crippen molar-refractivity contribution in [1.82, 2.24) is 15.5 Å². The molecule has 21 heavy (non-hydrogen) atoms. The van der Waals surface area contributed by atoms with Gasteiger partial charge >= 0.3 is 0 Å². The quantitative estimate of drug-likeness (QED) is 0.784. The second-order valence-corrected chi connectivity index (χ2v) is 5.26. The summed E-state index contributed by atoms with van der Waals surface area (Å²) in [5.41, 5.74) is 1.08. The molecule has 0 bridgehead atoms. The molecule has 1 aromatic carbocycles. The molecule has 0 aliphatic carbocycles. The van der Waals surface area contributed by atoms with E-state index in [9.17, 15) is 0 Å². The molecule has 2 rings (SSSR count). The lowest BCUT2D eigenvalue weighted by Crippen LogP contribution is -2.14. The van der Waals surface area contributed by atoms with Gasteiger partial charge in [0, 0.05) is 6.54 Å². The fraction of sp³-hybridized carbons (Fsp3) is 0.429. The fourth-order valence-corrected chi connectivity index (χ4v) is 2.41. The van der Waals surface area contributed by atoms with Crippen LogP contribution < -0.4 is 14.8 Å². The maximum Gasteiger partial charge on any atom is 0.213 e. The summed E-state index contributed by atoms with van der Waals surface area (Å²) in [6.45, 7) is 3.93. The van der Waals surface area contributed by atoms with Gasteiger partial charge in [-0.3, -0.25) is 0 Å². The molecule has 0 atom stereocenters. The third-order valence-electron chi connectivity index (χ3n) is 2.76. The zero-order valence-corrected chi connectivity index (χ0v) is 13.6. The van der Waals surface area contributed by atoms with Crippen molar-refractivity contribution < 1.29 is 14.0 Å². The van der Waals surface area contributed by atoms with Gasteiger partial charge in [0.25, 0.3) is 0 Å². The molecule has 1 aromatic heterocycles. The topological polar surface area (TPSA) is 69.4 Å². The number of methoxy groups -OCH3 is 1. The van der Waals surface area contributed by atoms with E-state index in [1.54, 1.807) is 7.11 Å². The van der Waals surface area contributed by atoms with Crippen LogP contribution in [-0.4, -0.2) is 23.9 Å². The minimum atomic E-state index is 0.546. The number of rotatable bonds is 8. The van der Waals surface area contributed by atoms with E-state index in [1.165, 1.54) is 6.39 Å². The van der Waals surface area contributed by atoms with E-state index in [1.807, 2.05) is 12.1 Å². The predicted molar refractivity (Wildman–Crippen MR) is 81.3 cm³/mol. The highest BCUT2D eigenvalue weighted by Crippen LogP contribution is 2.36. The summed E-state index contributed by atoms with van der Waals surface area (Å²) in [6.07, 6.45) is 2.26. The van der Waals surface area contributed by atoms with Crippen molar-refractivity contribution in [2.45, 2.75) is 26.4 Å². The van der Waals surface area contributed by atoms with E-state index in [0.717, 1.165) is 22.2 Å². The molecule has 0 spiro atoms. The normalized spacial score (nSPS) is 10.6. The second-order valence-electron chi connectivity index (χ2n) is 4.41. The lowest BCUT2D eigenvalue weighted by molar-refractivity contribution is 0.292. The zero-order chi connectivity index (χ0) is 15.1. The van der Waals surface area contributed by atoms with Gasteiger partial charge in [-0.05, 0) is 40.0 Å². The summed E-state index contributed by atoms with van der Waals surface area (Å²) < 4.78 is 16.7. The summed E-state index contributed by atoms with van der Waals surface area (Å²) in [4.78, 5) is 3.95. The molecule has 0 saturated heterocycles. The highest BCUT2D eigenvalue weighted by atomic mass is 79.9. The molecule has 1 N–H and O–H groups in total. The van der Waals surface area contributed by atoms with Crippen LogP contribution in [0.25, 0.3) is 0 Å². The van der Waals surface area contributed by atoms with Crippen LogP contribution in [0.15, 0.2) is 27.5 Å². The summed E-state index contributed by atoms with van der Waals surface area (Å²) in [6, 6.07) is 3.97. The Labute approximate surface area is 132 Å². The largest absolute Gasteiger partial charge is 0.493 e. The fourth-order valence-electron chi connectivity index (χ4n) is 1.81. The molecule has 0 aliphatic rings. The Morgan fingerprint density at radius 1 is 1.33 bits per heavy atom. The molecule has 0 aliphatic heterocycles. The lowest BCUT2D eigenvalue weighted by Gasteiger charge is -2.14. The molecular weight excluding hydrogens is 338 g/mol. The van der Waals surface area contributed by atoms with Crippen molar-refractivity contribution in [1.29, 1.82) is 0 Å².